The zero-order valence-corrected chi connectivity index (χ0v) is 11.9. The van der Waals surface area contributed by atoms with Crippen LogP contribution in [0.15, 0.2) is 24.3 Å². The highest BCUT2D eigenvalue weighted by Crippen LogP contribution is 2.38. The quantitative estimate of drug-likeness (QED) is 0.875. The van der Waals surface area contributed by atoms with Crippen molar-refractivity contribution < 1.29 is 4.74 Å². The number of hydrogen-bond acceptors (Lipinski definition) is 2. The minimum absolute atomic E-state index is 0.528. The molecule has 1 saturated carbocycles. The van der Waals surface area contributed by atoms with Crippen molar-refractivity contribution in [1.29, 1.82) is 0 Å². The molecule has 0 amide bonds. The smallest absolute Gasteiger partial charge is 0.0588 e. The maximum Gasteiger partial charge on any atom is 0.0588 e. The fourth-order valence-corrected chi connectivity index (χ4v) is 3.40. The Hall–Kier alpha value is -0.860. The maximum atomic E-state index is 5.65. The van der Waals surface area contributed by atoms with Gasteiger partial charge in [0.2, 0.25) is 0 Å². The molecule has 0 aromatic heterocycles. The van der Waals surface area contributed by atoms with Gasteiger partial charge in [0.15, 0.2) is 0 Å². The molecular formula is C17H25NO. The Labute approximate surface area is 116 Å². The monoisotopic (exact) mass is 259 g/mol. The minimum atomic E-state index is 0.528. The van der Waals surface area contributed by atoms with Crippen molar-refractivity contribution in [2.24, 2.45) is 0 Å². The summed E-state index contributed by atoms with van der Waals surface area (Å²) in [6, 6.07) is 9.55. The molecule has 2 fully saturated rings. The second-order valence-corrected chi connectivity index (χ2v) is 6.10. The lowest BCUT2D eigenvalue weighted by Gasteiger charge is -2.37. The average molecular weight is 259 g/mol. The normalized spacial score (nSPS) is 30.3. The lowest BCUT2D eigenvalue weighted by atomic mass is 9.74. The highest BCUT2D eigenvalue weighted by atomic mass is 16.5. The zero-order valence-electron chi connectivity index (χ0n) is 11.9. The van der Waals surface area contributed by atoms with Crippen molar-refractivity contribution in [2.75, 3.05) is 13.2 Å². The van der Waals surface area contributed by atoms with Gasteiger partial charge in [0.25, 0.3) is 0 Å². The molecule has 1 atom stereocenters. The molecule has 1 aromatic carbocycles. The van der Waals surface area contributed by atoms with Gasteiger partial charge >= 0.3 is 0 Å². The van der Waals surface area contributed by atoms with E-state index in [1.54, 1.807) is 5.56 Å². The van der Waals surface area contributed by atoms with E-state index >= 15 is 0 Å². The Balaban J connectivity index is 1.37. The summed E-state index contributed by atoms with van der Waals surface area (Å²) in [6.07, 6.45) is 6.83. The van der Waals surface area contributed by atoms with Gasteiger partial charge in [0.05, 0.1) is 6.10 Å². The molecule has 3 rings (SSSR count). The summed E-state index contributed by atoms with van der Waals surface area (Å²) < 4.78 is 5.65. The minimum Gasteiger partial charge on any atom is -0.378 e. The van der Waals surface area contributed by atoms with Crippen molar-refractivity contribution in [3.05, 3.63) is 35.4 Å². The molecule has 0 bridgehead atoms. The highest BCUT2D eigenvalue weighted by Gasteiger charge is 2.30. The standard InChI is InChI=1S/C17H25NO/c1-13-5-2-3-7-17(13)14-11-15(12-14)18-9-8-16-6-4-10-19-16/h2-3,5,7,14-16,18H,4,6,8-12H2,1H3. The second kappa shape index (κ2) is 6.06. The molecular weight excluding hydrogens is 234 g/mol. The first-order chi connectivity index (χ1) is 9.33. The molecule has 1 saturated heterocycles. The molecule has 1 aliphatic heterocycles. The Morgan fingerprint density at radius 1 is 1.26 bits per heavy atom. The van der Waals surface area contributed by atoms with Gasteiger partial charge in [0.1, 0.15) is 0 Å². The third-order valence-corrected chi connectivity index (χ3v) is 4.69. The average Bonchev–Trinajstić information content (AvgIpc) is 2.87. The van der Waals surface area contributed by atoms with E-state index < -0.39 is 0 Å². The molecule has 1 unspecified atom stereocenters. The van der Waals surface area contributed by atoms with Crippen LogP contribution in [0.5, 0.6) is 0 Å². The molecule has 104 valence electrons. The van der Waals surface area contributed by atoms with Crippen LogP contribution in [0.2, 0.25) is 0 Å². The molecule has 1 aliphatic carbocycles. The number of nitrogens with one attached hydrogen (secondary N) is 1. The largest absolute Gasteiger partial charge is 0.378 e. The molecule has 19 heavy (non-hydrogen) atoms. The van der Waals surface area contributed by atoms with Crippen molar-refractivity contribution in [3.63, 3.8) is 0 Å². The summed E-state index contributed by atoms with van der Waals surface area (Å²) in [4.78, 5) is 0. The lowest BCUT2D eigenvalue weighted by Crippen LogP contribution is -2.41. The first-order valence-corrected chi connectivity index (χ1v) is 7.73. The maximum absolute atomic E-state index is 5.65. The predicted molar refractivity (Wildman–Crippen MR) is 78.5 cm³/mol. The summed E-state index contributed by atoms with van der Waals surface area (Å²) in [5.74, 6) is 0.779. The van der Waals surface area contributed by atoms with E-state index in [1.165, 1.54) is 37.7 Å². The van der Waals surface area contributed by atoms with E-state index in [1.807, 2.05) is 0 Å². The van der Waals surface area contributed by atoms with Crippen molar-refractivity contribution in [2.45, 2.75) is 57.1 Å². The summed E-state index contributed by atoms with van der Waals surface area (Å²) in [6.45, 7) is 4.33. The Morgan fingerprint density at radius 3 is 2.84 bits per heavy atom. The van der Waals surface area contributed by atoms with Crippen LogP contribution in [0, 0.1) is 6.92 Å². The number of aryl methyl sites for hydroxylation is 1. The number of benzene rings is 1. The van der Waals surface area contributed by atoms with E-state index in [4.69, 9.17) is 4.74 Å². The summed E-state index contributed by atoms with van der Waals surface area (Å²) in [5, 5.41) is 3.69. The summed E-state index contributed by atoms with van der Waals surface area (Å²) >= 11 is 0. The lowest BCUT2D eigenvalue weighted by molar-refractivity contribution is 0.102. The summed E-state index contributed by atoms with van der Waals surface area (Å²) in [5.41, 5.74) is 3.00. The second-order valence-electron chi connectivity index (χ2n) is 6.10. The van der Waals surface area contributed by atoms with E-state index in [-0.39, 0.29) is 0 Å². The van der Waals surface area contributed by atoms with Gasteiger partial charge < -0.3 is 10.1 Å². The van der Waals surface area contributed by atoms with Gasteiger partial charge in [-0.25, -0.2) is 0 Å². The van der Waals surface area contributed by atoms with Gasteiger partial charge in [-0.15, -0.1) is 0 Å². The number of hydrogen-bond donors (Lipinski definition) is 1. The van der Waals surface area contributed by atoms with Crippen molar-refractivity contribution in [1.82, 2.24) is 5.32 Å². The fourth-order valence-electron chi connectivity index (χ4n) is 3.40. The van der Waals surface area contributed by atoms with Crippen LogP contribution in [0.1, 0.15) is 49.1 Å². The molecule has 0 spiro atoms. The third kappa shape index (κ3) is 3.18. The van der Waals surface area contributed by atoms with Crippen LogP contribution >= 0.6 is 0 Å². The van der Waals surface area contributed by atoms with Crippen LogP contribution in [0.4, 0.5) is 0 Å². The molecule has 2 heteroatoms. The Bertz CT molecular complexity index is 405. The Kier molecular flexibility index (Phi) is 4.19. The van der Waals surface area contributed by atoms with Gasteiger partial charge in [-0.2, -0.15) is 0 Å². The van der Waals surface area contributed by atoms with Crippen molar-refractivity contribution >= 4 is 0 Å². The highest BCUT2D eigenvalue weighted by molar-refractivity contribution is 5.31. The predicted octanol–water partition coefficient (Wildman–Crippen LogP) is 3.40. The molecule has 1 N–H and O–H groups in total. The van der Waals surface area contributed by atoms with E-state index in [2.05, 4.69) is 36.5 Å². The Morgan fingerprint density at radius 2 is 2.11 bits per heavy atom. The van der Waals surface area contributed by atoms with Crippen molar-refractivity contribution in [3.8, 4) is 0 Å². The molecule has 2 nitrogen and oxygen atoms in total. The molecule has 2 aliphatic rings. The van der Waals surface area contributed by atoms with Gasteiger partial charge in [0, 0.05) is 12.6 Å². The fraction of sp³-hybridized carbons (Fsp3) is 0.647. The number of ether oxygens (including phenoxy) is 1. The van der Waals surface area contributed by atoms with Crippen LogP contribution in [-0.4, -0.2) is 25.3 Å². The third-order valence-electron chi connectivity index (χ3n) is 4.69. The first-order valence-electron chi connectivity index (χ1n) is 7.73. The first kappa shape index (κ1) is 13.1. The molecule has 0 radical (unpaired) electrons. The van der Waals surface area contributed by atoms with E-state index in [0.29, 0.717) is 6.10 Å². The van der Waals surface area contributed by atoms with Crippen LogP contribution in [-0.2, 0) is 4.74 Å². The van der Waals surface area contributed by atoms with Crippen LogP contribution in [0.3, 0.4) is 0 Å². The van der Waals surface area contributed by atoms with E-state index in [9.17, 15) is 0 Å². The van der Waals surface area contributed by atoms with Gasteiger partial charge in [-0.1, -0.05) is 24.3 Å². The van der Waals surface area contributed by atoms with E-state index in [0.717, 1.165) is 25.1 Å². The molecule has 1 aromatic rings. The number of rotatable bonds is 5. The van der Waals surface area contributed by atoms with Crippen LogP contribution in [0.25, 0.3) is 0 Å². The van der Waals surface area contributed by atoms with Gasteiger partial charge in [-0.05, 0) is 62.6 Å². The van der Waals surface area contributed by atoms with Crippen LogP contribution < -0.4 is 5.32 Å². The molecule has 1 heterocycles. The SMILES string of the molecule is Cc1ccccc1C1CC(NCCC2CCCO2)C1. The topological polar surface area (TPSA) is 21.3 Å². The zero-order chi connectivity index (χ0) is 13.1. The summed E-state index contributed by atoms with van der Waals surface area (Å²) in [7, 11) is 0. The van der Waals surface area contributed by atoms with Gasteiger partial charge in [-0.3, -0.25) is 0 Å².